The normalized spacial score (nSPS) is 21.7. The summed E-state index contributed by atoms with van der Waals surface area (Å²) in [7, 11) is 1.99. The molecule has 3 rings (SSSR count). The van der Waals surface area contributed by atoms with Crippen LogP contribution in [-0.2, 0) is 4.79 Å². The van der Waals surface area contributed by atoms with E-state index in [-0.39, 0.29) is 29.3 Å². The van der Waals surface area contributed by atoms with E-state index in [1.807, 2.05) is 57.0 Å². The maximum absolute atomic E-state index is 12.9. The minimum atomic E-state index is -0.106. The summed E-state index contributed by atoms with van der Waals surface area (Å²) in [4.78, 5) is 29.2. The summed E-state index contributed by atoms with van der Waals surface area (Å²) in [5.41, 5.74) is 0.647. The number of amides is 2. The predicted molar refractivity (Wildman–Crippen MR) is 100 cm³/mol. The minimum Gasteiger partial charge on any atom is -0.493 e. The molecule has 2 saturated heterocycles. The number of carbonyl (C=O) groups excluding carboxylic acids is 2. The van der Waals surface area contributed by atoms with Gasteiger partial charge in [0.05, 0.1) is 18.2 Å². The molecule has 0 bridgehead atoms. The molecule has 2 fully saturated rings. The second-order valence-corrected chi connectivity index (χ2v) is 7.89. The lowest BCUT2D eigenvalue weighted by Gasteiger charge is -2.48. The molecular formula is C20H29N3O3. The van der Waals surface area contributed by atoms with E-state index in [2.05, 4.69) is 10.2 Å². The first-order valence-corrected chi connectivity index (χ1v) is 9.37. The zero-order valence-electron chi connectivity index (χ0n) is 16.1. The van der Waals surface area contributed by atoms with Crippen molar-refractivity contribution in [3.05, 3.63) is 29.8 Å². The molecule has 0 saturated carbocycles. The third-order valence-electron chi connectivity index (χ3n) is 5.23. The number of rotatable bonds is 5. The molecule has 2 aliphatic rings. The van der Waals surface area contributed by atoms with E-state index < -0.39 is 0 Å². The van der Waals surface area contributed by atoms with Gasteiger partial charge in [0.1, 0.15) is 5.75 Å². The molecule has 26 heavy (non-hydrogen) atoms. The lowest BCUT2D eigenvalue weighted by atomic mass is 9.77. The van der Waals surface area contributed by atoms with Crippen molar-refractivity contribution in [2.75, 3.05) is 33.3 Å². The van der Waals surface area contributed by atoms with Gasteiger partial charge in [-0.1, -0.05) is 12.1 Å². The highest BCUT2D eigenvalue weighted by atomic mass is 16.5. The van der Waals surface area contributed by atoms with Crippen LogP contribution in [0, 0.1) is 5.41 Å². The van der Waals surface area contributed by atoms with Gasteiger partial charge in [-0.05, 0) is 46.4 Å². The van der Waals surface area contributed by atoms with Crippen molar-refractivity contribution < 1.29 is 14.3 Å². The van der Waals surface area contributed by atoms with Gasteiger partial charge in [-0.25, -0.2) is 0 Å². The van der Waals surface area contributed by atoms with Crippen molar-refractivity contribution in [2.45, 2.75) is 39.3 Å². The van der Waals surface area contributed by atoms with Gasteiger partial charge in [-0.15, -0.1) is 0 Å². The molecule has 0 aromatic heterocycles. The van der Waals surface area contributed by atoms with Gasteiger partial charge < -0.3 is 15.0 Å². The fraction of sp³-hybridized carbons (Fsp3) is 0.600. The Morgan fingerprint density at radius 2 is 1.96 bits per heavy atom. The highest BCUT2D eigenvalue weighted by molar-refractivity contribution is 5.97. The van der Waals surface area contributed by atoms with Crippen LogP contribution in [0.5, 0.6) is 5.75 Å². The number of ether oxygens (including phenoxy) is 1. The van der Waals surface area contributed by atoms with Crippen LogP contribution in [0.2, 0.25) is 0 Å². The Hall–Kier alpha value is -2.08. The van der Waals surface area contributed by atoms with Gasteiger partial charge in [0.15, 0.2) is 0 Å². The fourth-order valence-corrected chi connectivity index (χ4v) is 4.17. The predicted octanol–water partition coefficient (Wildman–Crippen LogP) is 1.76. The number of nitrogens with one attached hydrogen (secondary N) is 1. The topological polar surface area (TPSA) is 61.9 Å². The molecule has 0 radical (unpaired) electrons. The van der Waals surface area contributed by atoms with E-state index in [1.54, 1.807) is 0 Å². The lowest BCUT2D eigenvalue weighted by molar-refractivity contribution is -0.125. The van der Waals surface area contributed by atoms with Crippen LogP contribution < -0.4 is 10.1 Å². The number of likely N-dealkylation sites (tertiary alicyclic amines) is 2. The molecule has 0 unspecified atom stereocenters. The van der Waals surface area contributed by atoms with Crippen molar-refractivity contribution in [1.82, 2.24) is 15.1 Å². The lowest BCUT2D eigenvalue weighted by Crippen LogP contribution is -2.59. The highest BCUT2D eigenvalue weighted by Crippen LogP contribution is 2.43. The molecule has 142 valence electrons. The van der Waals surface area contributed by atoms with Crippen molar-refractivity contribution in [3.8, 4) is 5.75 Å². The van der Waals surface area contributed by atoms with Crippen LogP contribution in [0.4, 0.5) is 0 Å². The Labute approximate surface area is 155 Å². The summed E-state index contributed by atoms with van der Waals surface area (Å²) in [6.45, 7) is 8.64. The molecular weight excluding hydrogens is 330 g/mol. The molecule has 1 atom stereocenters. The first kappa shape index (κ1) is 18.7. The number of para-hydroxylation sites is 1. The van der Waals surface area contributed by atoms with Crippen LogP contribution in [0.15, 0.2) is 24.3 Å². The summed E-state index contributed by atoms with van der Waals surface area (Å²) in [6.07, 6.45) is 0.805. The van der Waals surface area contributed by atoms with Crippen molar-refractivity contribution >= 4 is 11.8 Å². The smallest absolute Gasteiger partial charge is 0.257 e. The fourth-order valence-electron chi connectivity index (χ4n) is 4.17. The Kier molecular flexibility index (Phi) is 5.23. The van der Waals surface area contributed by atoms with Crippen LogP contribution in [-0.4, -0.2) is 67.0 Å². The second kappa shape index (κ2) is 7.27. The number of hydrogen-bond donors (Lipinski definition) is 1. The Morgan fingerprint density at radius 1 is 1.27 bits per heavy atom. The zero-order chi connectivity index (χ0) is 18.9. The van der Waals surface area contributed by atoms with Gasteiger partial charge in [0.2, 0.25) is 5.91 Å². The first-order valence-electron chi connectivity index (χ1n) is 9.37. The summed E-state index contributed by atoms with van der Waals surface area (Å²) in [6, 6.07) is 7.43. The zero-order valence-corrected chi connectivity index (χ0v) is 16.1. The third-order valence-corrected chi connectivity index (χ3v) is 5.23. The average Bonchev–Trinajstić information content (AvgIpc) is 2.91. The summed E-state index contributed by atoms with van der Waals surface area (Å²) >= 11 is 0. The van der Waals surface area contributed by atoms with Gasteiger partial charge >= 0.3 is 0 Å². The Bertz CT molecular complexity index is 683. The number of benzene rings is 1. The molecule has 1 spiro atoms. The Morgan fingerprint density at radius 3 is 2.62 bits per heavy atom. The maximum atomic E-state index is 12.9. The summed E-state index contributed by atoms with van der Waals surface area (Å²) in [5, 5.41) is 3.00. The van der Waals surface area contributed by atoms with Crippen LogP contribution >= 0.6 is 0 Å². The number of nitrogens with zero attached hydrogens (tertiary/aromatic N) is 2. The van der Waals surface area contributed by atoms with Crippen LogP contribution in [0.3, 0.4) is 0 Å². The molecule has 2 aliphatic heterocycles. The molecule has 1 aromatic rings. The maximum Gasteiger partial charge on any atom is 0.257 e. The largest absolute Gasteiger partial charge is 0.493 e. The summed E-state index contributed by atoms with van der Waals surface area (Å²) in [5.74, 6) is 0.738. The van der Waals surface area contributed by atoms with Crippen LogP contribution in [0.1, 0.15) is 37.6 Å². The molecule has 6 heteroatoms. The van der Waals surface area contributed by atoms with E-state index in [0.717, 1.165) is 13.0 Å². The van der Waals surface area contributed by atoms with Gasteiger partial charge in [-0.3, -0.25) is 14.5 Å². The van der Waals surface area contributed by atoms with Crippen molar-refractivity contribution in [2.24, 2.45) is 5.41 Å². The van der Waals surface area contributed by atoms with Crippen molar-refractivity contribution in [1.29, 1.82) is 0 Å². The molecule has 1 N–H and O–H groups in total. The molecule has 6 nitrogen and oxygen atoms in total. The van der Waals surface area contributed by atoms with E-state index >= 15 is 0 Å². The average molecular weight is 359 g/mol. The van der Waals surface area contributed by atoms with E-state index in [1.165, 1.54) is 0 Å². The second-order valence-electron chi connectivity index (χ2n) is 7.89. The first-order chi connectivity index (χ1) is 12.3. The monoisotopic (exact) mass is 359 g/mol. The molecule has 2 amide bonds. The highest BCUT2D eigenvalue weighted by Gasteiger charge is 2.53. The third kappa shape index (κ3) is 3.56. The molecule has 0 aliphatic carbocycles. The van der Waals surface area contributed by atoms with Gasteiger partial charge in [0.25, 0.3) is 5.91 Å². The summed E-state index contributed by atoms with van der Waals surface area (Å²) < 4.78 is 5.59. The number of carbonyl (C=O) groups is 2. The standard InChI is InChI=1S/C20H29N3O3/c1-5-26-17-9-7-6-8-15(17)19(25)23-12-20(13-23)10-16(22(4)11-20)18(24)21-14(2)3/h6-9,14,16H,5,10-13H2,1-4H3,(H,21,24)/t16-/m0/s1. The number of hydrogen-bond acceptors (Lipinski definition) is 4. The van der Waals surface area contributed by atoms with E-state index in [4.69, 9.17) is 4.74 Å². The SMILES string of the molecule is CCOc1ccccc1C(=O)N1CC2(C[C@@H](C(=O)NC(C)C)N(C)C2)C1. The van der Waals surface area contributed by atoms with Gasteiger partial charge in [-0.2, -0.15) is 0 Å². The molecule has 1 aromatic carbocycles. The van der Waals surface area contributed by atoms with E-state index in [0.29, 0.717) is 31.0 Å². The quantitative estimate of drug-likeness (QED) is 0.870. The number of likely N-dealkylation sites (N-methyl/N-ethyl adjacent to an activating group) is 1. The van der Waals surface area contributed by atoms with Gasteiger partial charge in [0, 0.05) is 31.1 Å². The van der Waals surface area contributed by atoms with Crippen molar-refractivity contribution in [3.63, 3.8) is 0 Å². The molecule has 2 heterocycles. The minimum absolute atomic E-state index is 0.0115. The van der Waals surface area contributed by atoms with Crippen LogP contribution in [0.25, 0.3) is 0 Å². The van der Waals surface area contributed by atoms with E-state index in [9.17, 15) is 9.59 Å². The Balaban J connectivity index is 1.64.